The van der Waals surface area contributed by atoms with Crippen LogP contribution in [0, 0.1) is 0 Å². The maximum absolute atomic E-state index is 5.94. The lowest BCUT2D eigenvalue weighted by Gasteiger charge is -2.05. The van der Waals surface area contributed by atoms with Gasteiger partial charge in [0.05, 0.1) is 0 Å². The quantitative estimate of drug-likeness (QED) is 0.849. The van der Waals surface area contributed by atoms with Crippen LogP contribution in [0.25, 0.3) is 0 Å². The normalized spacial score (nSPS) is 10.5. The molecule has 90 valence electrons. The van der Waals surface area contributed by atoms with E-state index in [2.05, 4.69) is 27.3 Å². The molecule has 17 heavy (non-hydrogen) atoms. The van der Waals surface area contributed by atoms with Crippen molar-refractivity contribution in [3.05, 3.63) is 29.3 Å². The fraction of sp³-hybridized carbons (Fsp3) is 0.364. The first kappa shape index (κ1) is 11.9. The maximum atomic E-state index is 5.94. The minimum Gasteiger partial charge on any atom is -0.323 e. The van der Waals surface area contributed by atoms with E-state index in [0.29, 0.717) is 11.0 Å². The molecular formula is C11H14ClN5. The maximum Gasteiger partial charge on any atom is 0.153 e. The molecule has 0 aliphatic carbocycles. The summed E-state index contributed by atoms with van der Waals surface area (Å²) in [7, 11) is 1.86. The van der Waals surface area contributed by atoms with Crippen LogP contribution in [0.3, 0.4) is 0 Å². The third kappa shape index (κ3) is 3.17. The molecular weight excluding hydrogens is 238 g/mol. The van der Waals surface area contributed by atoms with E-state index >= 15 is 0 Å². The predicted molar refractivity (Wildman–Crippen MR) is 67.5 cm³/mol. The van der Waals surface area contributed by atoms with Crippen molar-refractivity contribution in [2.75, 3.05) is 5.32 Å². The summed E-state index contributed by atoms with van der Waals surface area (Å²) in [5.74, 6) is 2.16. The van der Waals surface area contributed by atoms with Gasteiger partial charge in [-0.2, -0.15) is 5.10 Å². The van der Waals surface area contributed by atoms with Crippen molar-refractivity contribution in [1.29, 1.82) is 0 Å². The summed E-state index contributed by atoms with van der Waals surface area (Å²) in [5, 5.41) is 7.76. The molecule has 0 fully saturated rings. The van der Waals surface area contributed by atoms with Crippen molar-refractivity contribution in [2.24, 2.45) is 7.05 Å². The highest BCUT2D eigenvalue weighted by atomic mass is 35.5. The van der Waals surface area contributed by atoms with Crippen molar-refractivity contribution in [2.45, 2.75) is 19.8 Å². The van der Waals surface area contributed by atoms with E-state index in [9.17, 15) is 0 Å². The van der Waals surface area contributed by atoms with Crippen molar-refractivity contribution < 1.29 is 0 Å². The van der Waals surface area contributed by atoms with Gasteiger partial charge in [-0.25, -0.2) is 9.97 Å². The van der Waals surface area contributed by atoms with E-state index in [1.165, 1.54) is 0 Å². The van der Waals surface area contributed by atoms with Gasteiger partial charge in [0.15, 0.2) is 5.82 Å². The van der Waals surface area contributed by atoms with Crippen LogP contribution >= 0.6 is 11.6 Å². The summed E-state index contributed by atoms with van der Waals surface area (Å²) in [6.07, 6.45) is 3.67. The zero-order valence-electron chi connectivity index (χ0n) is 9.81. The molecule has 0 atom stereocenters. The van der Waals surface area contributed by atoms with Gasteiger partial charge in [-0.15, -0.1) is 0 Å². The number of halogens is 1. The van der Waals surface area contributed by atoms with Crippen LogP contribution in [-0.2, 0) is 13.5 Å². The van der Waals surface area contributed by atoms with Crippen molar-refractivity contribution >= 4 is 23.2 Å². The van der Waals surface area contributed by atoms with Crippen molar-refractivity contribution in [3.63, 3.8) is 0 Å². The monoisotopic (exact) mass is 251 g/mol. The average molecular weight is 252 g/mol. The second-order valence-electron chi connectivity index (χ2n) is 3.74. The van der Waals surface area contributed by atoms with Gasteiger partial charge in [0.25, 0.3) is 0 Å². The first-order chi connectivity index (χ1) is 8.17. The highest BCUT2D eigenvalue weighted by molar-refractivity contribution is 6.29. The highest BCUT2D eigenvalue weighted by Gasteiger charge is 2.04. The molecule has 1 N–H and O–H groups in total. The van der Waals surface area contributed by atoms with Gasteiger partial charge < -0.3 is 5.32 Å². The van der Waals surface area contributed by atoms with E-state index in [1.54, 1.807) is 10.7 Å². The molecule has 2 heterocycles. The first-order valence-corrected chi connectivity index (χ1v) is 5.85. The average Bonchev–Trinajstić information content (AvgIpc) is 2.63. The van der Waals surface area contributed by atoms with E-state index in [-0.39, 0.29) is 0 Å². The number of anilines is 2. The smallest absolute Gasteiger partial charge is 0.153 e. The molecule has 0 radical (unpaired) electrons. The Morgan fingerprint density at radius 3 is 2.82 bits per heavy atom. The Bertz CT molecular complexity index is 508. The molecule has 0 spiro atoms. The molecule has 2 aromatic heterocycles. The van der Waals surface area contributed by atoms with Gasteiger partial charge in [0.1, 0.15) is 16.8 Å². The number of hydrogen-bond donors (Lipinski definition) is 1. The van der Waals surface area contributed by atoms with Crippen LogP contribution in [0.1, 0.15) is 19.2 Å². The van der Waals surface area contributed by atoms with Crippen LogP contribution in [0.15, 0.2) is 18.3 Å². The molecule has 0 aliphatic rings. The molecule has 0 unspecified atom stereocenters. The summed E-state index contributed by atoms with van der Waals surface area (Å²) in [5.41, 5.74) is 0. The third-order valence-corrected chi connectivity index (χ3v) is 2.38. The van der Waals surface area contributed by atoms with Gasteiger partial charge in [-0.3, -0.25) is 4.68 Å². The lowest BCUT2D eigenvalue weighted by atomic mass is 10.3. The summed E-state index contributed by atoms with van der Waals surface area (Å²) in [4.78, 5) is 8.53. The molecule has 6 heteroatoms. The van der Waals surface area contributed by atoms with Gasteiger partial charge in [-0.1, -0.05) is 18.5 Å². The number of nitrogens with one attached hydrogen (secondary N) is 1. The van der Waals surface area contributed by atoms with Crippen LogP contribution in [0.5, 0.6) is 0 Å². The SMILES string of the molecule is CCCc1nc(Cl)cc(Nc2ccn(C)n2)n1. The summed E-state index contributed by atoms with van der Waals surface area (Å²) < 4.78 is 1.72. The summed E-state index contributed by atoms with van der Waals surface area (Å²) in [6, 6.07) is 3.56. The van der Waals surface area contributed by atoms with E-state index in [1.807, 2.05) is 19.3 Å². The van der Waals surface area contributed by atoms with E-state index in [4.69, 9.17) is 11.6 Å². The molecule has 2 aromatic rings. The van der Waals surface area contributed by atoms with Crippen molar-refractivity contribution in [3.8, 4) is 0 Å². The Kier molecular flexibility index (Phi) is 3.58. The fourth-order valence-electron chi connectivity index (χ4n) is 1.48. The lowest BCUT2D eigenvalue weighted by Crippen LogP contribution is -2.01. The van der Waals surface area contributed by atoms with Gasteiger partial charge >= 0.3 is 0 Å². The molecule has 0 aliphatic heterocycles. The molecule has 0 saturated heterocycles. The van der Waals surface area contributed by atoms with E-state index in [0.717, 1.165) is 24.5 Å². The molecule has 5 nitrogen and oxygen atoms in total. The Labute approximate surface area is 105 Å². The number of aromatic nitrogens is 4. The van der Waals surface area contributed by atoms with Gasteiger partial charge in [0.2, 0.25) is 0 Å². The minimum absolute atomic E-state index is 0.446. The molecule has 0 bridgehead atoms. The van der Waals surface area contributed by atoms with Crippen LogP contribution < -0.4 is 5.32 Å². The zero-order chi connectivity index (χ0) is 12.3. The highest BCUT2D eigenvalue weighted by Crippen LogP contribution is 2.16. The van der Waals surface area contributed by atoms with Crippen LogP contribution in [0.2, 0.25) is 5.15 Å². The number of nitrogens with zero attached hydrogens (tertiary/aromatic N) is 4. The Balaban J connectivity index is 2.20. The van der Waals surface area contributed by atoms with Crippen molar-refractivity contribution in [1.82, 2.24) is 19.7 Å². The Morgan fingerprint density at radius 2 is 2.18 bits per heavy atom. The first-order valence-electron chi connectivity index (χ1n) is 5.47. The number of hydrogen-bond acceptors (Lipinski definition) is 4. The minimum atomic E-state index is 0.446. The number of rotatable bonds is 4. The largest absolute Gasteiger partial charge is 0.323 e. The Hall–Kier alpha value is -1.62. The standard InChI is InChI=1S/C11H14ClN5/c1-3-4-9-13-8(12)7-11(14-9)15-10-5-6-17(2)16-10/h5-7H,3-4H2,1-2H3,(H,13,14,15,16). The summed E-state index contributed by atoms with van der Waals surface area (Å²) >= 11 is 5.94. The lowest BCUT2D eigenvalue weighted by molar-refractivity contribution is 0.770. The van der Waals surface area contributed by atoms with Crippen LogP contribution in [0.4, 0.5) is 11.6 Å². The zero-order valence-corrected chi connectivity index (χ0v) is 10.6. The van der Waals surface area contributed by atoms with Gasteiger partial charge in [0, 0.05) is 31.8 Å². The molecule has 2 rings (SSSR count). The fourth-order valence-corrected chi connectivity index (χ4v) is 1.68. The Morgan fingerprint density at radius 1 is 1.35 bits per heavy atom. The second-order valence-corrected chi connectivity index (χ2v) is 4.13. The third-order valence-electron chi connectivity index (χ3n) is 2.18. The topological polar surface area (TPSA) is 55.6 Å². The van der Waals surface area contributed by atoms with E-state index < -0.39 is 0 Å². The molecule has 0 aromatic carbocycles. The summed E-state index contributed by atoms with van der Waals surface area (Å²) in [6.45, 7) is 2.08. The number of aryl methyl sites for hydroxylation is 2. The van der Waals surface area contributed by atoms with Crippen LogP contribution in [-0.4, -0.2) is 19.7 Å². The molecule has 0 saturated carbocycles. The predicted octanol–water partition coefficient (Wildman–Crippen LogP) is 2.56. The molecule has 0 amide bonds. The second kappa shape index (κ2) is 5.14. The van der Waals surface area contributed by atoms with Gasteiger partial charge in [-0.05, 0) is 6.42 Å².